The number of likely N-dealkylation sites (tertiary alicyclic amines) is 1. The van der Waals surface area contributed by atoms with Gasteiger partial charge in [0.1, 0.15) is 12.4 Å². The Kier molecular flexibility index (Phi) is 6.01. The number of piperidine rings is 1. The van der Waals surface area contributed by atoms with Gasteiger partial charge in [0.2, 0.25) is 5.95 Å². The first-order chi connectivity index (χ1) is 14.6. The Morgan fingerprint density at radius 2 is 2.13 bits per heavy atom. The van der Waals surface area contributed by atoms with Crippen molar-refractivity contribution < 1.29 is 23.0 Å². The molecule has 8 nitrogen and oxygen atoms in total. The fraction of sp³-hybridized carbons (Fsp3) is 0.550. The average Bonchev–Trinajstić information content (AvgIpc) is 3.25. The fourth-order valence-corrected chi connectivity index (χ4v) is 4.23. The molecule has 2 aliphatic heterocycles. The summed E-state index contributed by atoms with van der Waals surface area (Å²) >= 11 is 0. The van der Waals surface area contributed by atoms with Crippen LogP contribution < -0.4 is 14.8 Å². The van der Waals surface area contributed by atoms with E-state index in [4.69, 9.17) is 9.47 Å². The number of anilines is 1. The SMILES string of the molecule is COc1ccccc1OCC(=O)N1CCCC([C@@H]2C[C@H](C(F)F)n3ncnc3N2)C1. The lowest BCUT2D eigenvalue weighted by Gasteiger charge is -2.40. The maximum absolute atomic E-state index is 13.5. The first kappa shape index (κ1) is 20.4. The van der Waals surface area contributed by atoms with Gasteiger partial charge in [-0.15, -0.1) is 0 Å². The number of nitrogens with one attached hydrogen (secondary N) is 1. The largest absolute Gasteiger partial charge is 0.493 e. The van der Waals surface area contributed by atoms with Gasteiger partial charge in [-0.25, -0.2) is 13.5 Å². The van der Waals surface area contributed by atoms with Gasteiger partial charge in [-0.05, 0) is 37.3 Å². The number of hydrogen-bond acceptors (Lipinski definition) is 6. The van der Waals surface area contributed by atoms with Crippen molar-refractivity contribution in [2.24, 2.45) is 5.92 Å². The number of fused-ring (bicyclic) bond motifs is 1. The third-order valence-electron chi connectivity index (χ3n) is 5.79. The molecule has 0 radical (unpaired) electrons. The van der Waals surface area contributed by atoms with Crippen LogP contribution in [0.25, 0.3) is 0 Å². The summed E-state index contributed by atoms with van der Waals surface area (Å²) in [5.41, 5.74) is 0. The van der Waals surface area contributed by atoms with E-state index in [9.17, 15) is 13.6 Å². The van der Waals surface area contributed by atoms with Crippen molar-refractivity contribution in [1.29, 1.82) is 0 Å². The highest BCUT2D eigenvalue weighted by Gasteiger charge is 2.39. The molecule has 4 rings (SSSR count). The van der Waals surface area contributed by atoms with Crippen molar-refractivity contribution in [3.8, 4) is 11.5 Å². The van der Waals surface area contributed by atoms with Crippen LogP contribution in [0.4, 0.5) is 14.7 Å². The van der Waals surface area contributed by atoms with Crippen molar-refractivity contribution >= 4 is 11.9 Å². The van der Waals surface area contributed by atoms with Crippen molar-refractivity contribution in [3.05, 3.63) is 30.6 Å². The minimum Gasteiger partial charge on any atom is -0.493 e. The number of hydrogen-bond donors (Lipinski definition) is 1. The minimum absolute atomic E-state index is 0.0562. The summed E-state index contributed by atoms with van der Waals surface area (Å²) in [5, 5.41) is 7.16. The molecule has 1 aromatic heterocycles. The molecule has 2 aromatic rings. The third kappa shape index (κ3) is 4.17. The Bertz CT molecular complexity index is 878. The minimum atomic E-state index is -2.52. The van der Waals surface area contributed by atoms with E-state index in [0.29, 0.717) is 30.5 Å². The van der Waals surface area contributed by atoms with Gasteiger partial charge in [0.15, 0.2) is 18.1 Å². The van der Waals surface area contributed by atoms with Crippen molar-refractivity contribution in [2.45, 2.75) is 37.8 Å². The Morgan fingerprint density at radius 1 is 1.33 bits per heavy atom. The van der Waals surface area contributed by atoms with Crippen LogP contribution in [0.3, 0.4) is 0 Å². The number of carbonyl (C=O) groups is 1. The highest BCUT2D eigenvalue weighted by Crippen LogP contribution is 2.35. The first-order valence-corrected chi connectivity index (χ1v) is 10.0. The molecule has 1 fully saturated rings. The van der Waals surface area contributed by atoms with E-state index in [0.717, 1.165) is 12.8 Å². The van der Waals surface area contributed by atoms with E-state index in [1.54, 1.807) is 24.1 Å². The van der Waals surface area contributed by atoms with E-state index in [1.165, 1.54) is 11.0 Å². The molecule has 0 saturated carbocycles. The summed E-state index contributed by atoms with van der Waals surface area (Å²) in [6.45, 7) is 1.03. The van der Waals surface area contributed by atoms with Crippen molar-refractivity contribution in [2.75, 3.05) is 32.1 Å². The summed E-state index contributed by atoms with van der Waals surface area (Å²) in [6, 6.07) is 5.96. The topological polar surface area (TPSA) is 81.5 Å². The van der Waals surface area contributed by atoms with E-state index in [1.807, 2.05) is 12.1 Å². The van der Waals surface area contributed by atoms with Gasteiger partial charge in [0.25, 0.3) is 12.3 Å². The van der Waals surface area contributed by atoms with Crippen LogP contribution in [0.2, 0.25) is 0 Å². The Morgan fingerprint density at radius 3 is 2.90 bits per heavy atom. The number of para-hydroxylation sites is 2. The number of nitrogens with zero attached hydrogens (tertiary/aromatic N) is 4. The number of halogens is 2. The molecule has 0 aliphatic carbocycles. The third-order valence-corrected chi connectivity index (χ3v) is 5.79. The predicted molar refractivity (Wildman–Crippen MR) is 105 cm³/mol. The smallest absolute Gasteiger partial charge is 0.260 e. The van der Waals surface area contributed by atoms with Crippen molar-refractivity contribution in [3.63, 3.8) is 0 Å². The molecule has 3 heterocycles. The van der Waals surface area contributed by atoms with Gasteiger partial charge in [-0.3, -0.25) is 4.79 Å². The van der Waals surface area contributed by atoms with Gasteiger partial charge in [0, 0.05) is 19.1 Å². The standard InChI is InChI=1S/C20H25F2N5O3/c1-29-16-6-2-3-7-17(16)30-11-18(28)26-8-4-5-13(10-26)14-9-15(19(21)22)27-20(25-14)23-12-24-27/h2-3,6-7,12-15,19H,4-5,8-11H2,1H3,(H,23,24,25)/t13?,14-,15+/m0/s1. The second kappa shape index (κ2) is 8.85. The molecule has 0 spiro atoms. The van der Waals surface area contributed by atoms with Crippen LogP contribution in [0, 0.1) is 5.92 Å². The summed E-state index contributed by atoms with van der Waals surface area (Å²) in [6.07, 6.45) is 0.684. The number of aromatic nitrogens is 3. The molecule has 10 heteroatoms. The lowest BCUT2D eigenvalue weighted by Crippen LogP contribution is -2.49. The molecule has 3 atom stereocenters. The molecule has 1 saturated heterocycles. The molecular formula is C20H25F2N5O3. The van der Waals surface area contributed by atoms with E-state index >= 15 is 0 Å². The van der Waals surface area contributed by atoms with Crippen LogP contribution in [0.1, 0.15) is 25.3 Å². The molecule has 2 aliphatic rings. The first-order valence-electron chi connectivity index (χ1n) is 10.0. The lowest BCUT2D eigenvalue weighted by molar-refractivity contribution is -0.135. The maximum Gasteiger partial charge on any atom is 0.260 e. The highest BCUT2D eigenvalue weighted by atomic mass is 19.3. The van der Waals surface area contributed by atoms with E-state index in [-0.39, 0.29) is 30.9 Å². The molecule has 1 aromatic carbocycles. The zero-order chi connectivity index (χ0) is 21.1. The highest BCUT2D eigenvalue weighted by molar-refractivity contribution is 5.78. The fourth-order valence-electron chi connectivity index (χ4n) is 4.23. The van der Waals surface area contributed by atoms with E-state index < -0.39 is 12.5 Å². The van der Waals surface area contributed by atoms with Crippen LogP contribution >= 0.6 is 0 Å². The second-order valence-corrected chi connectivity index (χ2v) is 7.60. The average molecular weight is 421 g/mol. The number of benzene rings is 1. The second-order valence-electron chi connectivity index (χ2n) is 7.60. The normalized spacial score (nSPS) is 23.6. The Hall–Kier alpha value is -2.91. The lowest BCUT2D eigenvalue weighted by atomic mass is 9.86. The number of amides is 1. The number of ether oxygens (including phenoxy) is 2. The van der Waals surface area contributed by atoms with E-state index in [2.05, 4.69) is 15.4 Å². The molecule has 30 heavy (non-hydrogen) atoms. The molecule has 1 amide bonds. The predicted octanol–water partition coefficient (Wildman–Crippen LogP) is 2.59. The van der Waals surface area contributed by atoms with Crippen LogP contribution in [0.5, 0.6) is 11.5 Å². The molecule has 1 N–H and O–H groups in total. The maximum atomic E-state index is 13.5. The number of carbonyl (C=O) groups excluding carboxylic acids is 1. The van der Waals surface area contributed by atoms with Crippen LogP contribution in [0.15, 0.2) is 30.6 Å². The molecular weight excluding hydrogens is 396 g/mol. The van der Waals surface area contributed by atoms with Gasteiger partial charge in [-0.1, -0.05) is 12.1 Å². The zero-order valence-corrected chi connectivity index (χ0v) is 16.7. The van der Waals surface area contributed by atoms with Crippen LogP contribution in [-0.4, -0.2) is 64.8 Å². The summed E-state index contributed by atoms with van der Waals surface area (Å²) in [7, 11) is 1.55. The van der Waals surface area contributed by atoms with Gasteiger partial charge in [-0.2, -0.15) is 10.1 Å². The molecule has 1 unspecified atom stereocenters. The zero-order valence-electron chi connectivity index (χ0n) is 16.7. The summed E-state index contributed by atoms with van der Waals surface area (Å²) in [4.78, 5) is 18.5. The molecule has 0 bridgehead atoms. The quantitative estimate of drug-likeness (QED) is 0.772. The summed E-state index contributed by atoms with van der Waals surface area (Å²) < 4.78 is 39.2. The van der Waals surface area contributed by atoms with Gasteiger partial charge < -0.3 is 19.7 Å². The van der Waals surface area contributed by atoms with Crippen molar-refractivity contribution in [1.82, 2.24) is 19.7 Å². The van der Waals surface area contributed by atoms with Gasteiger partial charge in [0.05, 0.1) is 7.11 Å². The summed E-state index contributed by atoms with van der Waals surface area (Å²) in [5.74, 6) is 1.36. The number of methoxy groups -OCH3 is 1. The Balaban J connectivity index is 1.38. The molecule has 162 valence electrons. The monoisotopic (exact) mass is 421 g/mol. The van der Waals surface area contributed by atoms with Crippen LogP contribution in [-0.2, 0) is 4.79 Å². The van der Waals surface area contributed by atoms with Gasteiger partial charge >= 0.3 is 0 Å². The number of alkyl halides is 2. The number of rotatable bonds is 6. The Labute approximate surface area is 173 Å².